The summed E-state index contributed by atoms with van der Waals surface area (Å²) in [6.45, 7) is 1.15. The number of aromatic amines is 1. The van der Waals surface area contributed by atoms with Crippen molar-refractivity contribution in [3.05, 3.63) is 42.4 Å². The standard InChI is InChI=1S/C15H17N3O2/c19-15(20)18-8-4-7-12(10-18)14-16-9-13(17-14)11-5-2-1-3-6-11/h1-3,5-6,9,12H,4,7-8,10H2,(H,16,17)(H,19,20). The molecule has 1 aromatic carbocycles. The van der Waals surface area contributed by atoms with Crippen molar-refractivity contribution in [3.8, 4) is 11.3 Å². The number of hydrogen-bond acceptors (Lipinski definition) is 2. The molecule has 0 saturated carbocycles. The van der Waals surface area contributed by atoms with Crippen LogP contribution in [0.3, 0.4) is 0 Å². The van der Waals surface area contributed by atoms with Crippen LogP contribution in [0, 0.1) is 0 Å². The lowest BCUT2D eigenvalue weighted by Gasteiger charge is -2.29. The molecule has 1 unspecified atom stereocenters. The van der Waals surface area contributed by atoms with E-state index in [-0.39, 0.29) is 5.92 Å². The summed E-state index contributed by atoms with van der Waals surface area (Å²) in [6, 6.07) is 10.0. The van der Waals surface area contributed by atoms with Crippen LogP contribution in [0.15, 0.2) is 36.5 Å². The van der Waals surface area contributed by atoms with Gasteiger partial charge in [0.15, 0.2) is 0 Å². The lowest BCUT2D eigenvalue weighted by molar-refractivity contribution is 0.129. The summed E-state index contributed by atoms with van der Waals surface area (Å²) < 4.78 is 0. The highest BCUT2D eigenvalue weighted by Crippen LogP contribution is 2.27. The van der Waals surface area contributed by atoms with Gasteiger partial charge in [0.2, 0.25) is 0 Å². The van der Waals surface area contributed by atoms with Gasteiger partial charge in [0.1, 0.15) is 5.82 Å². The third-order valence-corrected chi connectivity index (χ3v) is 3.76. The zero-order valence-electron chi connectivity index (χ0n) is 11.1. The molecule has 3 rings (SSSR count). The molecule has 2 aromatic rings. The second-order valence-electron chi connectivity index (χ2n) is 5.12. The molecule has 1 aliphatic heterocycles. The first kappa shape index (κ1) is 12.7. The number of likely N-dealkylation sites (tertiary alicyclic amines) is 1. The molecule has 0 aliphatic carbocycles. The lowest BCUT2D eigenvalue weighted by Crippen LogP contribution is -2.38. The number of amides is 1. The van der Waals surface area contributed by atoms with Gasteiger partial charge in [-0.05, 0) is 18.4 Å². The first-order valence-corrected chi connectivity index (χ1v) is 6.82. The maximum atomic E-state index is 11.1. The second kappa shape index (κ2) is 5.36. The molecule has 1 atom stereocenters. The quantitative estimate of drug-likeness (QED) is 0.882. The van der Waals surface area contributed by atoms with Crippen molar-refractivity contribution in [2.45, 2.75) is 18.8 Å². The van der Waals surface area contributed by atoms with Gasteiger partial charge in [-0.25, -0.2) is 9.78 Å². The van der Waals surface area contributed by atoms with Crippen molar-refractivity contribution >= 4 is 6.09 Å². The second-order valence-corrected chi connectivity index (χ2v) is 5.12. The molecular formula is C15H17N3O2. The molecule has 1 amide bonds. The summed E-state index contributed by atoms with van der Waals surface area (Å²) in [7, 11) is 0. The van der Waals surface area contributed by atoms with Gasteiger partial charge in [-0.15, -0.1) is 0 Å². The van der Waals surface area contributed by atoms with Crippen LogP contribution in [-0.4, -0.2) is 39.2 Å². The minimum absolute atomic E-state index is 0.164. The molecule has 1 fully saturated rings. The van der Waals surface area contributed by atoms with Gasteiger partial charge in [0.25, 0.3) is 0 Å². The Hall–Kier alpha value is -2.30. The molecule has 5 heteroatoms. The van der Waals surface area contributed by atoms with Gasteiger partial charge in [-0.3, -0.25) is 0 Å². The van der Waals surface area contributed by atoms with E-state index in [4.69, 9.17) is 5.11 Å². The van der Waals surface area contributed by atoms with E-state index in [0.29, 0.717) is 13.1 Å². The van der Waals surface area contributed by atoms with Crippen molar-refractivity contribution in [1.29, 1.82) is 0 Å². The third-order valence-electron chi connectivity index (χ3n) is 3.76. The van der Waals surface area contributed by atoms with Crippen molar-refractivity contribution in [3.63, 3.8) is 0 Å². The molecule has 5 nitrogen and oxygen atoms in total. The first-order valence-electron chi connectivity index (χ1n) is 6.82. The number of carbonyl (C=O) groups is 1. The Labute approximate surface area is 117 Å². The van der Waals surface area contributed by atoms with Gasteiger partial charge >= 0.3 is 6.09 Å². The monoisotopic (exact) mass is 271 g/mol. The molecule has 1 aliphatic rings. The van der Waals surface area contributed by atoms with Crippen LogP contribution < -0.4 is 0 Å². The summed E-state index contributed by atoms with van der Waals surface area (Å²) in [5.74, 6) is 1.05. The summed E-state index contributed by atoms with van der Waals surface area (Å²) >= 11 is 0. The average molecular weight is 271 g/mol. The highest BCUT2D eigenvalue weighted by molar-refractivity contribution is 5.65. The van der Waals surface area contributed by atoms with Crippen LogP contribution in [0.1, 0.15) is 24.6 Å². The Morgan fingerprint density at radius 3 is 2.90 bits per heavy atom. The Morgan fingerprint density at radius 1 is 1.35 bits per heavy atom. The van der Waals surface area contributed by atoms with Crippen LogP contribution in [0.5, 0.6) is 0 Å². The SMILES string of the molecule is O=C(O)N1CCCC(c2ncc(-c3ccccc3)[nH]2)C1. The van der Waals surface area contributed by atoms with Crippen LogP contribution in [-0.2, 0) is 0 Å². The first-order chi connectivity index (χ1) is 9.74. The molecule has 2 heterocycles. The fraction of sp³-hybridized carbons (Fsp3) is 0.333. The van der Waals surface area contributed by atoms with E-state index < -0.39 is 6.09 Å². The highest BCUT2D eigenvalue weighted by atomic mass is 16.4. The fourth-order valence-electron chi connectivity index (χ4n) is 2.68. The molecule has 20 heavy (non-hydrogen) atoms. The number of hydrogen-bond donors (Lipinski definition) is 2. The summed E-state index contributed by atoms with van der Waals surface area (Å²) in [5.41, 5.74) is 2.07. The topological polar surface area (TPSA) is 69.2 Å². The van der Waals surface area contributed by atoms with E-state index in [9.17, 15) is 4.79 Å². The van der Waals surface area contributed by atoms with Gasteiger partial charge in [-0.2, -0.15) is 0 Å². The molecule has 0 bridgehead atoms. The fourth-order valence-corrected chi connectivity index (χ4v) is 2.68. The Morgan fingerprint density at radius 2 is 2.15 bits per heavy atom. The number of nitrogens with one attached hydrogen (secondary N) is 1. The minimum Gasteiger partial charge on any atom is -0.465 e. The van der Waals surface area contributed by atoms with E-state index in [1.807, 2.05) is 36.5 Å². The van der Waals surface area contributed by atoms with E-state index >= 15 is 0 Å². The molecule has 0 radical (unpaired) electrons. The number of benzene rings is 1. The number of rotatable bonds is 2. The van der Waals surface area contributed by atoms with Crippen LogP contribution in [0.25, 0.3) is 11.3 Å². The smallest absolute Gasteiger partial charge is 0.407 e. The largest absolute Gasteiger partial charge is 0.465 e. The van der Waals surface area contributed by atoms with Gasteiger partial charge in [-0.1, -0.05) is 30.3 Å². The number of piperidine rings is 1. The summed E-state index contributed by atoms with van der Waals surface area (Å²) in [4.78, 5) is 20.3. The van der Waals surface area contributed by atoms with Crippen molar-refractivity contribution in [2.24, 2.45) is 0 Å². The molecule has 0 spiro atoms. The van der Waals surface area contributed by atoms with Crippen LogP contribution in [0.2, 0.25) is 0 Å². The van der Waals surface area contributed by atoms with Gasteiger partial charge < -0.3 is 15.0 Å². The van der Waals surface area contributed by atoms with Crippen molar-refractivity contribution in [1.82, 2.24) is 14.9 Å². The minimum atomic E-state index is -0.843. The Kier molecular flexibility index (Phi) is 3.41. The van der Waals surface area contributed by atoms with Crippen molar-refractivity contribution < 1.29 is 9.90 Å². The number of carboxylic acid groups (broad SMARTS) is 1. The summed E-state index contributed by atoms with van der Waals surface area (Å²) in [5, 5.41) is 9.08. The van der Waals surface area contributed by atoms with E-state index in [2.05, 4.69) is 9.97 Å². The predicted octanol–water partition coefficient (Wildman–Crippen LogP) is 2.93. The Balaban J connectivity index is 1.78. The molecule has 1 aromatic heterocycles. The third kappa shape index (κ3) is 2.52. The van der Waals surface area contributed by atoms with Crippen LogP contribution >= 0.6 is 0 Å². The molecule has 1 saturated heterocycles. The highest BCUT2D eigenvalue weighted by Gasteiger charge is 2.26. The maximum Gasteiger partial charge on any atom is 0.407 e. The van der Waals surface area contributed by atoms with E-state index in [1.54, 1.807) is 0 Å². The molecular weight excluding hydrogens is 254 g/mol. The van der Waals surface area contributed by atoms with Gasteiger partial charge in [0, 0.05) is 19.0 Å². The normalized spacial score (nSPS) is 19.0. The number of H-pyrrole nitrogens is 1. The Bertz CT molecular complexity index is 594. The average Bonchev–Trinajstić information content (AvgIpc) is 2.98. The number of aromatic nitrogens is 2. The van der Waals surface area contributed by atoms with E-state index in [0.717, 1.165) is 29.9 Å². The van der Waals surface area contributed by atoms with Crippen LogP contribution in [0.4, 0.5) is 4.79 Å². The zero-order chi connectivity index (χ0) is 13.9. The van der Waals surface area contributed by atoms with E-state index in [1.165, 1.54) is 4.90 Å². The lowest BCUT2D eigenvalue weighted by atomic mass is 9.98. The van der Waals surface area contributed by atoms with Crippen molar-refractivity contribution in [2.75, 3.05) is 13.1 Å². The molecule has 2 N–H and O–H groups in total. The van der Waals surface area contributed by atoms with Gasteiger partial charge in [0.05, 0.1) is 11.9 Å². The number of imidazole rings is 1. The zero-order valence-corrected chi connectivity index (χ0v) is 11.1. The summed E-state index contributed by atoms with van der Waals surface area (Å²) in [6.07, 6.45) is 2.85. The predicted molar refractivity (Wildman–Crippen MR) is 75.6 cm³/mol. The number of nitrogens with zero attached hydrogens (tertiary/aromatic N) is 2. The maximum absolute atomic E-state index is 11.1. The molecule has 104 valence electrons.